The van der Waals surface area contributed by atoms with E-state index in [0.29, 0.717) is 5.92 Å². The van der Waals surface area contributed by atoms with Crippen molar-refractivity contribution in [1.29, 1.82) is 0 Å². The number of carboxylic acids is 1. The summed E-state index contributed by atoms with van der Waals surface area (Å²) in [6.45, 7) is 5.07. The van der Waals surface area contributed by atoms with Crippen LogP contribution in [-0.2, 0) is 4.79 Å². The van der Waals surface area contributed by atoms with Crippen LogP contribution >= 0.6 is 0 Å². The van der Waals surface area contributed by atoms with Crippen LogP contribution in [0.4, 0.5) is 4.79 Å². The molecule has 0 spiro atoms. The number of rotatable bonds is 3. The van der Waals surface area contributed by atoms with Gasteiger partial charge in [-0.3, -0.25) is 4.79 Å². The molecule has 1 heterocycles. The molecule has 2 atom stereocenters. The Hall–Kier alpha value is -1.26. The zero-order valence-electron chi connectivity index (χ0n) is 9.90. The highest BCUT2D eigenvalue weighted by molar-refractivity contribution is 5.82. The van der Waals surface area contributed by atoms with Crippen molar-refractivity contribution < 1.29 is 14.7 Å². The molecule has 2 amide bonds. The second kappa shape index (κ2) is 5.72. The minimum Gasteiger partial charge on any atom is -0.480 e. The third-order valence-corrected chi connectivity index (χ3v) is 3.09. The monoisotopic (exact) mass is 228 g/mol. The van der Waals surface area contributed by atoms with Crippen LogP contribution in [-0.4, -0.2) is 41.1 Å². The molecule has 1 fully saturated rings. The molecule has 0 bridgehead atoms. The van der Waals surface area contributed by atoms with Gasteiger partial charge in [-0.15, -0.1) is 0 Å². The minimum absolute atomic E-state index is 0.256. The molecule has 16 heavy (non-hydrogen) atoms. The Morgan fingerprint density at radius 2 is 2.25 bits per heavy atom. The lowest BCUT2D eigenvalue weighted by molar-refractivity contribution is -0.138. The van der Waals surface area contributed by atoms with Crippen molar-refractivity contribution in [2.45, 2.75) is 39.2 Å². The predicted octanol–water partition coefficient (Wildman–Crippen LogP) is 1.29. The van der Waals surface area contributed by atoms with Gasteiger partial charge in [-0.2, -0.15) is 0 Å². The van der Waals surface area contributed by atoms with E-state index in [9.17, 15) is 9.59 Å². The van der Waals surface area contributed by atoms with E-state index in [1.807, 2.05) is 0 Å². The van der Waals surface area contributed by atoms with E-state index in [1.54, 1.807) is 4.90 Å². The average molecular weight is 228 g/mol. The first kappa shape index (κ1) is 12.8. The van der Waals surface area contributed by atoms with Gasteiger partial charge >= 0.3 is 12.0 Å². The molecule has 0 radical (unpaired) electrons. The third kappa shape index (κ3) is 3.40. The Morgan fingerprint density at radius 1 is 1.56 bits per heavy atom. The maximum absolute atomic E-state index is 11.7. The fourth-order valence-corrected chi connectivity index (χ4v) is 1.92. The van der Waals surface area contributed by atoms with E-state index < -0.39 is 12.0 Å². The van der Waals surface area contributed by atoms with Crippen molar-refractivity contribution in [2.75, 3.05) is 13.1 Å². The summed E-state index contributed by atoms with van der Waals surface area (Å²) in [5.74, 6) is -0.447. The molecule has 0 aromatic carbocycles. The molecule has 1 aliphatic rings. The SMILES string of the molecule is CCC1CCCN(C(=O)N[C@@H](C)C(=O)O)C1. The Balaban J connectivity index is 2.44. The molecule has 5 heteroatoms. The Bertz CT molecular complexity index is 268. The van der Waals surface area contributed by atoms with Gasteiger partial charge in [0.05, 0.1) is 0 Å². The Kier molecular flexibility index (Phi) is 4.58. The molecule has 0 saturated carbocycles. The molecule has 5 nitrogen and oxygen atoms in total. The highest BCUT2D eigenvalue weighted by Gasteiger charge is 2.24. The summed E-state index contributed by atoms with van der Waals surface area (Å²) in [6.07, 6.45) is 3.24. The van der Waals surface area contributed by atoms with Crippen LogP contribution in [0.3, 0.4) is 0 Å². The molecule has 0 aromatic heterocycles. The van der Waals surface area contributed by atoms with Crippen molar-refractivity contribution in [3.05, 3.63) is 0 Å². The van der Waals surface area contributed by atoms with Gasteiger partial charge in [0.1, 0.15) is 6.04 Å². The second-order valence-electron chi connectivity index (χ2n) is 4.37. The van der Waals surface area contributed by atoms with E-state index in [-0.39, 0.29) is 6.03 Å². The minimum atomic E-state index is -1.00. The number of likely N-dealkylation sites (tertiary alicyclic amines) is 1. The number of carboxylic acid groups (broad SMARTS) is 1. The fraction of sp³-hybridized carbons (Fsp3) is 0.818. The number of nitrogens with one attached hydrogen (secondary N) is 1. The highest BCUT2D eigenvalue weighted by Crippen LogP contribution is 2.18. The number of carbonyl (C=O) groups excluding carboxylic acids is 1. The van der Waals surface area contributed by atoms with Gasteiger partial charge in [0.2, 0.25) is 0 Å². The number of carbonyl (C=O) groups is 2. The molecular formula is C11H20N2O3. The molecule has 0 aliphatic carbocycles. The number of urea groups is 1. The summed E-state index contributed by atoms with van der Waals surface area (Å²) in [7, 11) is 0. The summed E-state index contributed by atoms with van der Waals surface area (Å²) in [5.41, 5.74) is 0. The molecule has 1 saturated heterocycles. The fourth-order valence-electron chi connectivity index (χ4n) is 1.92. The Morgan fingerprint density at radius 3 is 2.81 bits per heavy atom. The topological polar surface area (TPSA) is 69.6 Å². The first-order valence-corrected chi connectivity index (χ1v) is 5.82. The Labute approximate surface area is 95.8 Å². The first-order valence-electron chi connectivity index (χ1n) is 5.82. The van der Waals surface area contributed by atoms with Crippen molar-refractivity contribution in [3.63, 3.8) is 0 Å². The van der Waals surface area contributed by atoms with E-state index in [4.69, 9.17) is 5.11 Å². The quantitative estimate of drug-likeness (QED) is 0.764. The summed E-state index contributed by atoms with van der Waals surface area (Å²) in [5, 5.41) is 11.2. The van der Waals surface area contributed by atoms with Crippen molar-refractivity contribution >= 4 is 12.0 Å². The van der Waals surface area contributed by atoms with Crippen molar-refractivity contribution in [1.82, 2.24) is 10.2 Å². The lowest BCUT2D eigenvalue weighted by Crippen LogP contribution is -2.49. The zero-order chi connectivity index (χ0) is 12.1. The normalized spacial score (nSPS) is 22.6. The zero-order valence-corrected chi connectivity index (χ0v) is 9.90. The second-order valence-corrected chi connectivity index (χ2v) is 4.37. The summed E-state index contributed by atoms with van der Waals surface area (Å²) in [4.78, 5) is 24.1. The summed E-state index contributed by atoms with van der Waals surface area (Å²) >= 11 is 0. The molecule has 2 N–H and O–H groups in total. The maximum atomic E-state index is 11.7. The first-order chi connectivity index (χ1) is 7.54. The van der Waals surface area contributed by atoms with E-state index >= 15 is 0 Å². The summed E-state index contributed by atoms with van der Waals surface area (Å²) < 4.78 is 0. The van der Waals surface area contributed by atoms with Gasteiger partial charge < -0.3 is 15.3 Å². The predicted molar refractivity (Wildman–Crippen MR) is 60.2 cm³/mol. The van der Waals surface area contributed by atoms with Crippen LogP contribution in [0.25, 0.3) is 0 Å². The lowest BCUT2D eigenvalue weighted by atomic mass is 9.96. The van der Waals surface area contributed by atoms with Crippen LogP contribution in [0.5, 0.6) is 0 Å². The average Bonchev–Trinajstić information content (AvgIpc) is 2.28. The lowest BCUT2D eigenvalue weighted by Gasteiger charge is -2.32. The van der Waals surface area contributed by atoms with Crippen LogP contribution in [0.15, 0.2) is 0 Å². The van der Waals surface area contributed by atoms with Gasteiger partial charge in [-0.25, -0.2) is 4.79 Å². The standard InChI is InChI=1S/C11H20N2O3/c1-3-9-5-4-6-13(7-9)11(16)12-8(2)10(14)15/h8-9H,3-7H2,1-2H3,(H,12,16)(H,14,15)/t8-,9?/m0/s1. The maximum Gasteiger partial charge on any atom is 0.325 e. The molecule has 1 unspecified atom stereocenters. The number of amides is 2. The number of hydrogen-bond donors (Lipinski definition) is 2. The molecule has 0 aromatic rings. The van der Waals surface area contributed by atoms with E-state index in [1.165, 1.54) is 6.92 Å². The molecule has 92 valence electrons. The van der Waals surface area contributed by atoms with Gasteiger partial charge in [-0.1, -0.05) is 13.3 Å². The molecule has 1 rings (SSSR count). The van der Waals surface area contributed by atoms with E-state index in [2.05, 4.69) is 12.2 Å². The van der Waals surface area contributed by atoms with Gasteiger partial charge in [0, 0.05) is 13.1 Å². The van der Waals surface area contributed by atoms with Gasteiger partial charge in [0.25, 0.3) is 0 Å². The van der Waals surface area contributed by atoms with Gasteiger partial charge in [0.15, 0.2) is 0 Å². The van der Waals surface area contributed by atoms with Crippen LogP contribution < -0.4 is 5.32 Å². The van der Waals surface area contributed by atoms with Crippen LogP contribution in [0, 0.1) is 5.92 Å². The third-order valence-electron chi connectivity index (χ3n) is 3.09. The van der Waals surface area contributed by atoms with Crippen molar-refractivity contribution in [3.8, 4) is 0 Å². The smallest absolute Gasteiger partial charge is 0.325 e. The largest absolute Gasteiger partial charge is 0.480 e. The van der Waals surface area contributed by atoms with Crippen LogP contribution in [0.1, 0.15) is 33.1 Å². The number of aliphatic carboxylic acids is 1. The van der Waals surface area contributed by atoms with Crippen LogP contribution in [0.2, 0.25) is 0 Å². The molecular weight excluding hydrogens is 208 g/mol. The molecule has 1 aliphatic heterocycles. The van der Waals surface area contributed by atoms with E-state index in [0.717, 1.165) is 32.4 Å². The highest BCUT2D eigenvalue weighted by atomic mass is 16.4. The number of nitrogens with zero attached hydrogens (tertiary/aromatic N) is 1. The van der Waals surface area contributed by atoms with Gasteiger partial charge in [-0.05, 0) is 25.7 Å². The number of hydrogen-bond acceptors (Lipinski definition) is 2. The number of piperidine rings is 1. The summed E-state index contributed by atoms with van der Waals surface area (Å²) in [6, 6.07) is -1.08. The van der Waals surface area contributed by atoms with Crippen molar-refractivity contribution in [2.24, 2.45) is 5.92 Å².